The smallest absolute Gasteiger partial charge is 0.229 e. The van der Waals surface area contributed by atoms with Crippen molar-refractivity contribution in [1.29, 1.82) is 0 Å². The molecular weight excluding hydrogens is 339 g/mol. The summed E-state index contributed by atoms with van der Waals surface area (Å²) in [6.07, 6.45) is 0.726. The minimum absolute atomic E-state index is 0.0449. The number of hydrogen-bond acceptors (Lipinski definition) is 4. The number of fused-ring (bicyclic) bond motifs is 1. The first-order valence-electron chi connectivity index (χ1n) is 8.14. The van der Waals surface area contributed by atoms with Gasteiger partial charge in [-0.1, -0.05) is 29.5 Å². The second-order valence-electron chi connectivity index (χ2n) is 6.41. The fourth-order valence-electron chi connectivity index (χ4n) is 3.10. The van der Waals surface area contributed by atoms with Crippen LogP contribution in [-0.4, -0.2) is 22.6 Å². The highest BCUT2D eigenvalue weighted by atomic mass is 32.1. The molecule has 4 rings (SSSR count). The number of hydrogen-bond donors (Lipinski definition) is 2. The number of nitrogens with one attached hydrogen (secondary N) is 1. The molecule has 3 aromatic rings. The van der Waals surface area contributed by atoms with Gasteiger partial charge in [0.1, 0.15) is 5.82 Å². The summed E-state index contributed by atoms with van der Waals surface area (Å²) in [5, 5.41) is 12.4. The van der Waals surface area contributed by atoms with Crippen molar-refractivity contribution in [3.05, 3.63) is 47.8 Å². The van der Waals surface area contributed by atoms with Crippen LogP contribution in [0.15, 0.2) is 36.4 Å². The second kappa shape index (κ2) is 6.20. The second-order valence-corrected chi connectivity index (χ2v) is 7.44. The molecule has 0 unspecified atom stereocenters. The van der Waals surface area contributed by atoms with Gasteiger partial charge >= 0.3 is 0 Å². The van der Waals surface area contributed by atoms with E-state index in [0.29, 0.717) is 10.7 Å². The number of thiazole rings is 1. The van der Waals surface area contributed by atoms with Crippen molar-refractivity contribution < 1.29 is 14.3 Å². The number of aliphatic hydroxyl groups is 1. The van der Waals surface area contributed by atoms with Crippen LogP contribution in [-0.2, 0) is 4.79 Å². The van der Waals surface area contributed by atoms with Gasteiger partial charge in [0.15, 0.2) is 5.13 Å². The number of carbonyl (C=O) groups excluding carboxylic acids is 1. The van der Waals surface area contributed by atoms with E-state index in [4.69, 9.17) is 5.11 Å². The molecule has 1 heterocycles. The third-order valence-corrected chi connectivity index (χ3v) is 5.56. The van der Waals surface area contributed by atoms with Crippen LogP contribution in [0.5, 0.6) is 0 Å². The summed E-state index contributed by atoms with van der Waals surface area (Å²) in [4.78, 5) is 16.5. The van der Waals surface area contributed by atoms with Gasteiger partial charge in [-0.25, -0.2) is 9.37 Å². The zero-order valence-electron chi connectivity index (χ0n) is 13.6. The highest BCUT2D eigenvalue weighted by molar-refractivity contribution is 7.22. The highest BCUT2D eigenvalue weighted by Gasteiger charge is 2.42. The number of amides is 1. The zero-order chi connectivity index (χ0) is 17.6. The molecule has 128 valence electrons. The maximum Gasteiger partial charge on any atom is 0.229 e. The van der Waals surface area contributed by atoms with Crippen molar-refractivity contribution in [3.63, 3.8) is 0 Å². The van der Waals surface area contributed by atoms with E-state index >= 15 is 0 Å². The van der Waals surface area contributed by atoms with Crippen LogP contribution in [0.4, 0.5) is 9.52 Å². The average Bonchev–Trinajstić information content (AvgIpc) is 3.27. The number of aryl methyl sites for hydroxylation is 1. The number of halogens is 1. The van der Waals surface area contributed by atoms with E-state index in [9.17, 15) is 9.18 Å². The van der Waals surface area contributed by atoms with Gasteiger partial charge in [0, 0.05) is 18.1 Å². The van der Waals surface area contributed by atoms with Crippen molar-refractivity contribution in [1.82, 2.24) is 4.98 Å². The van der Waals surface area contributed by atoms with Crippen molar-refractivity contribution in [2.24, 2.45) is 11.8 Å². The molecule has 1 amide bonds. The molecule has 1 aromatic heterocycles. The predicted molar refractivity (Wildman–Crippen MR) is 97.1 cm³/mol. The molecule has 0 aliphatic heterocycles. The van der Waals surface area contributed by atoms with E-state index in [1.54, 1.807) is 6.07 Å². The first-order chi connectivity index (χ1) is 12.1. The predicted octanol–water partition coefficient (Wildman–Crippen LogP) is 3.98. The zero-order valence-corrected chi connectivity index (χ0v) is 14.4. The molecular formula is C19H17FN2O2S. The average molecular weight is 356 g/mol. The molecule has 1 saturated carbocycles. The summed E-state index contributed by atoms with van der Waals surface area (Å²) in [6, 6.07) is 10.6. The van der Waals surface area contributed by atoms with Gasteiger partial charge in [-0.05, 0) is 48.6 Å². The molecule has 0 radical (unpaired) electrons. The number of aromatic nitrogens is 1. The summed E-state index contributed by atoms with van der Waals surface area (Å²) < 4.78 is 15.1. The monoisotopic (exact) mass is 356 g/mol. The SMILES string of the molecule is Cc1cccc(F)c1-c1ccc2nc(NC(=O)[C@@H]3C[C@@H]3CO)sc2c1. The van der Waals surface area contributed by atoms with Crippen molar-refractivity contribution in [2.45, 2.75) is 13.3 Å². The quantitative estimate of drug-likeness (QED) is 0.743. The normalized spacial score (nSPS) is 19.2. The molecule has 25 heavy (non-hydrogen) atoms. The minimum Gasteiger partial charge on any atom is -0.396 e. The van der Waals surface area contributed by atoms with Gasteiger partial charge in [-0.3, -0.25) is 4.79 Å². The Kier molecular flexibility index (Phi) is 4.01. The van der Waals surface area contributed by atoms with Crippen LogP contribution in [0, 0.1) is 24.6 Å². The van der Waals surface area contributed by atoms with Gasteiger partial charge in [-0.2, -0.15) is 0 Å². The minimum atomic E-state index is -0.249. The fraction of sp³-hybridized carbons (Fsp3) is 0.263. The number of rotatable bonds is 4. The lowest BCUT2D eigenvalue weighted by Gasteiger charge is -2.07. The van der Waals surface area contributed by atoms with Crippen LogP contribution in [0.25, 0.3) is 21.3 Å². The number of nitrogens with zero attached hydrogens (tertiary/aromatic N) is 1. The fourth-order valence-corrected chi connectivity index (χ4v) is 4.01. The maximum absolute atomic E-state index is 14.2. The van der Waals surface area contributed by atoms with Crippen LogP contribution < -0.4 is 5.32 Å². The van der Waals surface area contributed by atoms with Crippen LogP contribution in [0.2, 0.25) is 0 Å². The Morgan fingerprint density at radius 3 is 2.96 bits per heavy atom. The van der Waals surface area contributed by atoms with Gasteiger partial charge in [0.25, 0.3) is 0 Å². The largest absolute Gasteiger partial charge is 0.396 e. The first-order valence-corrected chi connectivity index (χ1v) is 8.96. The highest BCUT2D eigenvalue weighted by Crippen LogP contribution is 2.39. The molecule has 0 spiro atoms. The van der Waals surface area contributed by atoms with Gasteiger partial charge in [0.05, 0.1) is 10.2 Å². The molecule has 0 saturated heterocycles. The van der Waals surface area contributed by atoms with Crippen molar-refractivity contribution in [3.8, 4) is 11.1 Å². The number of benzene rings is 2. The van der Waals surface area contributed by atoms with Crippen molar-refractivity contribution >= 4 is 32.6 Å². The van der Waals surface area contributed by atoms with Gasteiger partial charge in [0.2, 0.25) is 5.91 Å². The standard InChI is InChI=1S/C19H17FN2O2S/c1-10-3-2-4-14(20)17(10)11-5-6-15-16(8-11)25-19(21-15)22-18(24)13-7-12(13)9-23/h2-6,8,12-13,23H,7,9H2,1H3,(H,21,22,24)/t12-,13-/m1/s1. The summed E-state index contributed by atoms with van der Waals surface area (Å²) >= 11 is 1.37. The maximum atomic E-state index is 14.2. The molecule has 6 heteroatoms. The Labute approximate surface area is 148 Å². The third kappa shape index (κ3) is 3.03. The van der Waals surface area contributed by atoms with E-state index in [1.165, 1.54) is 17.4 Å². The molecule has 1 fully saturated rings. The van der Waals surface area contributed by atoms with Crippen LogP contribution in [0.3, 0.4) is 0 Å². The van der Waals surface area contributed by atoms with Crippen LogP contribution in [0.1, 0.15) is 12.0 Å². The molecule has 4 nitrogen and oxygen atoms in total. The Morgan fingerprint density at radius 2 is 2.24 bits per heavy atom. The Balaban J connectivity index is 1.63. The Hall–Kier alpha value is -2.31. The van der Waals surface area contributed by atoms with E-state index in [1.807, 2.05) is 31.2 Å². The first kappa shape index (κ1) is 16.2. The van der Waals surface area contributed by atoms with E-state index < -0.39 is 0 Å². The summed E-state index contributed by atoms with van der Waals surface area (Å²) in [5.41, 5.74) is 3.04. The summed E-state index contributed by atoms with van der Waals surface area (Å²) in [6.45, 7) is 1.93. The topological polar surface area (TPSA) is 62.2 Å². The Bertz CT molecular complexity index is 949. The van der Waals surface area contributed by atoms with E-state index in [-0.39, 0.29) is 30.2 Å². The number of anilines is 1. The van der Waals surface area contributed by atoms with E-state index in [0.717, 1.165) is 27.8 Å². The summed E-state index contributed by atoms with van der Waals surface area (Å²) in [7, 11) is 0. The number of carbonyl (C=O) groups is 1. The molecule has 2 aromatic carbocycles. The number of aliphatic hydroxyl groups excluding tert-OH is 1. The lowest BCUT2D eigenvalue weighted by atomic mass is 10.00. The third-order valence-electron chi connectivity index (χ3n) is 4.62. The molecule has 2 atom stereocenters. The molecule has 1 aliphatic rings. The van der Waals surface area contributed by atoms with E-state index in [2.05, 4.69) is 10.3 Å². The summed E-state index contributed by atoms with van der Waals surface area (Å²) in [5.74, 6) is -0.386. The molecule has 2 N–H and O–H groups in total. The van der Waals surface area contributed by atoms with Gasteiger partial charge in [-0.15, -0.1) is 0 Å². The molecule has 1 aliphatic carbocycles. The lowest BCUT2D eigenvalue weighted by Crippen LogP contribution is -2.15. The molecule has 0 bridgehead atoms. The van der Waals surface area contributed by atoms with Crippen molar-refractivity contribution in [2.75, 3.05) is 11.9 Å². The Morgan fingerprint density at radius 1 is 1.40 bits per heavy atom. The van der Waals surface area contributed by atoms with Crippen LogP contribution >= 0.6 is 11.3 Å². The van der Waals surface area contributed by atoms with Gasteiger partial charge < -0.3 is 10.4 Å². The lowest BCUT2D eigenvalue weighted by molar-refractivity contribution is -0.117.